The number of pyridine rings is 1. The molecule has 8 nitrogen and oxygen atoms in total. The van der Waals surface area contributed by atoms with Crippen LogP contribution in [0.25, 0.3) is 11.4 Å². The van der Waals surface area contributed by atoms with Crippen molar-refractivity contribution in [3.63, 3.8) is 0 Å². The molecule has 28 heavy (non-hydrogen) atoms. The molecule has 148 valence electrons. The lowest BCUT2D eigenvalue weighted by molar-refractivity contribution is -0.113. The van der Waals surface area contributed by atoms with Gasteiger partial charge in [-0.15, -0.1) is 20.4 Å². The van der Waals surface area contributed by atoms with Crippen molar-refractivity contribution < 1.29 is 4.79 Å². The predicted molar refractivity (Wildman–Crippen MR) is 111 cm³/mol. The third-order valence-corrected chi connectivity index (χ3v) is 5.56. The average Bonchev–Trinajstić information content (AvgIpc) is 3.27. The van der Waals surface area contributed by atoms with Crippen molar-refractivity contribution in [3.05, 3.63) is 29.5 Å². The molecule has 0 bridgehead atoms. The Hall–Kier alpha value is -2.33. The van der Waals surface area contributed by atoms with Crippen LogP contribution >= 0.6 is 23.1 Å². The largest absolute Gasteiger partial charge is 0.302 e. The molecule has 0 saturated carbocycles. The fourth-order valence-corrected chi connectivity index (χ4v) is 4.14. The summed E-state index contributed by atoms with van der Waals surface area (Å²) in [6.45, 7) is 7.12. The van der Waals surface area contributed by atoms with Gasteiger partial charge < -0.3 is 4.57 Å². The van der Waals surface area contributed by atoms with E-state index < -0.39 is 0 Å². The summed E-state index contributed by atoms with van der Waals surface area (Å²) in [7, 11) is 0. The van der Waals surface area contributed by atoms with E-state index in [0.717, 1.165) is 35.8 Å². The van der Waals surface area contributed by atoms with Crippen molar-refractivity contribution in [2.24, 2.45) is 5.92 Å². The molecule has 0 fully saturated rings. The molecule has 3 aromatic heterocycles. The monoisotopic (exact) mass is 417 g/mol. The van der Waals surface area contributed by atoms with Crippen LogP contribution in [-0.2, 0) is 17.8 Å². The lowest BCUT2D eigenvalue weighted by atomic mass is 10.2. The molecule has 0 aliphatic rings. The molecular formula is C18H23N7OS2. The summed E-state index contributed by atoms with van der Waals surface area (Å²) in [6.07, 6.45) is 5.37. The summed E-state index contributed by atoms with van der Waals surface area (Å²) in [6, 6.07) is 3.83. The van der Waals surface area contributed by atoms with Crippen molar-refractivity contribution >= 4 is 34.1 Å². The third kappa shape index (κ3) is 5.35. The Labute approximate surface area is 172 Å². The zero-order valence-corrected chi connectivity index (χ0v) is 17.8. The first-order valence-electron chi connectivity index (χ1n) is 9.15. The van der Waals surface area contributed by atoms with Crippen molar-refractivity contribution in [2.75, 3.05) is 11.1 Å². The number of aryl methyl sites for hydroxylation is 1. The number of hydrogen-bond donors (Lipinski definition) is 1. The molecule has 0 unspecified atom stereocenters. The Kier molecular flexibility index (Phi) is 7.10. The van der Waals surface area contributed by atoms with E-state index in [1.165, 1.54) is 23.1 Å². The maximum atomic E-state index is 12.3. The second-order valence-corrected chi connectivity index (χ2v) is 8.64. The van der Waals surface area contributed by atoms with Crippen LogP contribution in [-0.4, -0.2) is 41.6 Å². The molecule has 3 rings (SSSR count). The highest BCUT2D eigenvalue weighted by atomic mass is 32.2. The number of thioether (sulfide) groups is 1. The van der Waals surface area contributed by atoms with Gasteiger partial charge in [-0.2, -0.15) is 0 Å². The summed E-state index contributed by atoms with van der Waals surface area (Å²) in [4.78, 5) is 16.5. The highest BCUT2D eigenvalue weighted by molar-refractivity contribution is 7.99. The van der Waals surface area contributed by atoms with Gasteiger partial charge in [0.15, 0.2) is 11.0 Å². The summed E-state index contributed by atoms with van der Waals surface area (Å²) >= 11 is 2.78. The van der Waals surface area contributed by atoms with Crippen LogP contribution in [0.1, 0.15) is 32.2 Å². The molecule has 3 aromatic rings. The van der Waals surface area contributed by atoms with Gasteiger partial charge in [-0.3, -0.25) is 15.1 Å². The van der Waals surface area contributed by atoms with E-state index in [4.69, 9.17) is 0 Å². The maximum absolute atomic E-state index is 12.3. The minimum Gasteiger partial charge on any atom is -0.302 e. The third-order valence-electron chi connectivity index (χ3n) is 3.69. The molecular weight excluding hydrogens is 394 g/mol. The lowest BCUT2D eigenvalue weighted by Crippen LogP contribution is -2.15. The summed E-state index contributed by atoms with van der Waals surface area (Å²) in [5.41, 5.74) is 0.907. The zero-order valence-electron chi connectivity index (χ0n) is 16.1. The molecule has 1 amide bonds. The maximum Gasteiger partial charge on any atom is 0.236 e. The molecule has 0 aliphatic carbocycles. The Morgan fingerprint density at radius 3 is 2.86 bits per heavy atom. The first-order valence-corrected chi connectivity index (χ1v) is 11.0. The van der Waals surface area contributed by atoms with Crippen LogP contribution in [0.15, 0.2) is 29.7 Å². The van der Waals surface area contributed by atoms with Crippen LogP contribution in [0.4, 0.5) is 5.13 Å². The van der Waals surface area contributed by atoms with Gasteiger partial charge in [-0.05, 0) is 24.5 Å². The normalized spacial score (nSPS) is 11.1. The molecule has 3 heterocycles. The second kappa shape index (κ2) is 9.74. The summed E-state index contributed by atoms with van der Waals surface area (Å²) in [5, 5.41) is 21.7. The van der Waals surface area contributed by atoms with E-state index in [1.54, 1.807) is 12.4 Å². The Bertz CT molecular complexity index is 908. The standard InChI is InChI=1S/C18H23N7OS2/c1-4-6-15-21-23-17(28-15)20-14(26)11-27-18-24-22-16(25(18)10-12(2)3)13-7-5-8-19-9-13/h5,7-9,12H,4,6,10-11H2,1-3H3,(H,20,23,26). The van der Waals surface area contributed by atoms with Gasteiger partial charge in [0.05, 0.1) is 5.75 Å². The van der Waals surface area contributed by atoms with Gasteiger partial charge in [0, 0.05) is 30.9 Å². The van der Waals surface area contributed by atoms with E-state index in [1.807, 2.05) is 16.7 Å². The quantitative estimate of drug-likeness (QED) is 0.532. The number of carbonyl (C=O) groups is 1. The Morgan fingerprint density at radius 1 is 1.29 bits per heavy atom. The summed E-state index contributed by atoms with van der Waals surface area (Å²) < 4.78 is 2.05. The van der Waals surface area contributed by atoms with Crippen LogP contribution in [0, 0.1) is 5.92 Å². The molecule has 10 heteroatoms. The van der Waals surface area contributed by atoms with Gasteiger partial charge in [0.1, 0.15) is 5.01 Å². The van der Waals surface area contributed by atoms with Crippen molar-refractivity contribution in [1.29, 1.82) is 0 Å². The minimum atomic E-state index is -0.133. The van der Waals surface area contributed by atoms with Crippen molar-refractivity contribution in [3.8, 4) is 11.4 Å². The Balaban J connectivity index is 1.67. The lowest BCUT2D eigenvalue weighted by Gasteiger charge is -2.12. The topological polar surface area (TPSA) is 98.5 Å². The van der Waals surface area contributed by atoms with Crippen molar-refractivity contribution in [2.45, 2.75) is 45.3 Å². The molecule has 0 aliphatic heterocycles. The first-order chi connectivity index (χ1) is 13.6. The van der Waals surface area contributed by atoms with Crippen LogP contribution in [0.3, 0.4) is 0 Å². The SMILES string of the molecule is CCCc1nnc(NC(=O)CSc2nnc(-c3cccnc3)n2CC(C)C)s1. The van der Waals surface area contributed by atoms with Gasteiger partial charge in [-0.25, -0.2) is 0 Å². The Morgan fingerprint density at radius 2 is 2.14 bits per heavy atom. The fraction of sp³-hybridized carbons (Fsp3) is 0.444. The number of carbonyl (C=O) groups excluding carboxylic acids is 1. The highest BCUT2D eigenvalue weighted by Crippen LogP contribution is 2.25. The number of nitrogens with one attached hydrogen (secondary N) is 1. The molecule has 0 atom stereocenters. The molecule has 0 aromatic carbocycles. The average molecular weight is 418 g/mol. The molecule has 0 radical (unpaired) electrons. The summed E-state index contributed by atoms with van der Waals surface area (Å²) in [5.74, 6) is 1.27. The highest BCUT2D eigenvalue weighted by Gasteiger charge is 2.17. The van der Waals surface area contributed by atoms with E-state index in [2.05, 4.69) is 51.5 Å². The smallest absolute Gasteiger partial charge is 0.236 e. The van der Waals surface area contributed by atoms with Crippen molar-refractivity contribution in [1.82, 2.24) is 29.9 Å². The van der Waals surface area contributed by atoms with E-state index in [9.17, 15) is 4.79 Å². The van der Waals surface area contributed by atoms with E-state index in [0.29, 0.717) is 16.2 Å². The molecule has 0 spiro atoms. The first kappa shape index (κ1) is 20.4. The number of amides is 1. The van der Waals surface area contributed by atoms with E-state index in [-0.39, 0.29) is 11.7 Å². The van der Waals surface area contributed by atoms with Crippen LogP contribution in [0.5, 0.6) is 0 Å². The fourth-order valence-electron chi connectivity index (χ4n) is 2.54. The molecule has 1 N–H and O–H groups in total. The van der Waals surface area contributed by atoms with Gasteiger partial charge in [0.25, 0.3) is 0 Å². The zero-order chi connectivity index (χ0) is 19.9. The van der Waals surface area contributed by atoms with Gasteiger partial charge >= 0.3 is 0 Å². The van der Waals surface area contributed by atoms with Crippen LogP contribution < -0.4 is 5.32 Å². The number of rotatable bonds is 9. The number of anilines is 1. The van der Waals surface area contributed by atoms with Gasteiger partial charge in [0.2, 0.25) is 11.0 Å². The number of aromatic nitrogens is 6. The molecule has 0 saturated heterocycles. The van der Waals surface area contributed by atoms with Gasteiger partial charge in [-0.1, -0.05) is 43.9 Å². The minimum absolute atomic E-state index is 0.133. The second-order valence-electron chi connectivity index (χ2n) is 6.64. The van der Waals surface area contributed by atoms with Crippen LogP contribution in [0.2, 0.25) is 0 Å². The number of nitrogens with zero attached hydrogens (tertiary/aromatic N) is 6. The number of hydrogen-bond acceptors (Lipinski definition) is 8. The predicted octanol–water partition coefficient (Wildman–Crippen LogP) is 3.53. The van der Waals surface area contributed by atoms with E-state index >= 15 is 0 Å².